The molecule has 3 aromatic rings. The Bertz CT molecular complexity index is 1670. The number of ether oxygens (including phenoxy) is 1. The van der Waals surface area contributed by atoms with Crippen molar-refractivity contribution in [2.24, 2.45) is 0 Å². The molecule has 2 aromatic carbocycles. The van der Waals surface area contributed by atoms with Crippen LogP contribution in [0.5, 0.6) is 5.75 Å². The number of nitrogens with zero attached hydrogens (tertiary/aromatic N) is 3. The van der Waals surface area contributed by atoms with Crippen LogP contribution < -0.4 is 10.1 Å². The van der Waals surface area contributed by atoms with Crippen molar-refractivity contribution in [3.63, 3.8) is 0 Å². The number of carbonyl (C=O) groups is 4. The number of carbonyl (C=O) groups excluding carboxylic acids is 2. The fourth-order valence-corrected chi connectivity index (χ4v) is 6.09. The number of amides is 2. The van der Waals surface area contributed by atoms with Crippen LogP contribution in [0.15, 0.2) is 66.0 Å². The molecule has 0 unspecified atom stereocenters. The van der Waals surface area contributed by atoms with Crippen molar-refractivity contribution in [1.29, 1.82) is 0 Å². The smallest absolute Gasteiger partial charge is 0.326 e. The van der Waals surface area contributed by atoms with E-state index in [1.807, 2.05) is 0 Å². The molecular formula is C31H36N4O10S. The molecule has 0 bridgehead atoms. The maximum Gasteiger partial charge on any atom is 0.326 e. The summed E-state index contributed by atoms with van der Waals surface area (Å²) in [5, 5.41) is 21.5. The Labute approximate surface area is 265 Å². The zero-order chi connectivity index (χ0) is 33.4. The Hall–Kier alpha value is -4.76. The standard InChI is InChI=1S/C31H36N4O10S/c1-2-3-4-5-9-24(34-18-27(32-19-34)33-29(38)23-8-6-7-10-26(23)46(42,43)44)30(39)35-17-22(16-25(35)31(40)41)45-21-13-11-20(12-14-21)15-28(36)37/h6-8,10-14,18-19,22,24-25H,2-5,9,15-17H2,1H3,(H,33,38)(H,36,37)(H,40,41)(H,42,43,44)/t22-,24+,25-/m1/s1. The van der Waals surface area contributed by atoms with Crippen molar-refractivity contribution in [3.8, 4) is 5.75 Å². The van der Waals surface area contributed by atoms with Gasteiger partial charge in [-0.05, 0) is 36.2 Å². The van der Waals surface area contributed by atoms with Crippen molar-refractivity contribution in [2.75, 3.05) is 11.9 Å². The number of hydrogen-bond acceptors (Lipinski definition) is 8. The van der Waals surface area contributed by atoms with Gasteiger partial charge in [-0.15, -0.1) is 0 Å². The Morgan fingerprint density at radius 3 is 2.41 bits per heavy atom. The minimum Gasteiger partial charge on any atom is -0.488 e. The van der Waals surface area contributed by atoms with Crippen LogP contribution in [0.25, 0.3) is 0 Å². The van der Waals surface area contributed by atoms with Gasteiger partial charge in [-0.25, -0.2) is 9.78 Å². The molecule has 15 heteroatoms. The lowest BCUT2D eigenvalue weighted by Gasteiger charge is -2.27. The fourth-order valence-electron chi connectivity index (χ4n) is 5.40. The predicted molar refractivity (Wildman–Crippen MR) is 164 cm³/mol. The van der Waals surface area contributed by atoms with Crippen molar-refractivity contribution in [2.45, 2.75) is 75.0 Å². The lowest BCUT2D eigenvalue weighted by atomic mass is 10.1. The summed E-state index contributed by atoms with van der Waals surface area (Å²) in [4.78, 5) is 55.0. The number of hydrogen-bond donors (Lipinski definition) is 4. The zero-order valence-electron chi connectivity index (χ0n) is 25.1. The molecule has 0 aliphatic carbocycles. The van der Waals surface area contributed by atoms with Gasteiger partial charge in [-0.1, -0.05) is 56.9 Å². The van der Waals surface area contributed by atoms with E-state index in [-0.39, 0.29) is 30.8 Å². The molecule has 1 aromatic heterocycles. The van der Waals surface area contributed by atoms with Crippen LogP contribution in [0.2, 0.25) is 0 Å². The fraction of sp³-hybridized carbons (Fsp3) is 0.387. The van der Waals surface area contributed by atoms with Crippen LogP contribution in [0, 0.1) is 0 Å². The number of anilines is 1. The first-order valence-electron chi connectivity index (χ1n) is 14.8. The largest absolute Gasteiger partial charge is 0.488 e. The molecule has 2 amide bonds. The van der Waals surface area contributed by atoms with E-state index in [0.29, 0.717) is 24.2 Å². The third-order valence-corrected chi connectivity index (χ3v) is 8.55. The van der Waals surface area contributed by atoms with Gasteiger partial charge in [-0.2, -0.15) is 8.42 Å². The van der Waals surface area contributed by atoms with Crippen molar-refractivity contribution >= 4 is 39.7 Å². The topological polar surface area (TPSA) is 205 Å². The lowest BCUT2D eigenvalue weighted by molar-refractivity contribution is -0.149. The summed E-state index contributed by atoms with van der Waals surface area (Å²) in [7, 11) is -4.67. The van der Waals surface area contributed by atoms with Crippen molar-refractivity contribution in [1.82, 2.24) is 14.5 Å². The third kappa shape index (κ3) is 8.69. The van der Waals surface area contributed by atoms with Crippen LogP contribution in [0.3, 0.4) is 0 Å². The average Bonchev–Trinajstić information content (AvgIpc) is 3.64. The normalized spacial score (nSPS) is 17.0. The Balaban J connectivity index is 1.53. The van der Waals surface area contributed by atoms with E-state index >= 15 is 0 Å². The highest BCUT2D eigenvalue weighted by Gasteiger charge is 2.43. The van der Waals surface area contributed by atoms with Gasteiger partial charge in [0.25, 0.3) is 16.0 Å². The second-order valence-electron chi connectivity index (χ2n) is 11.0. The first-order valence-corrected chi connectivity index (χ1v) is 16.2. The molecule has 0 spiro atoms. The molecule has 1 aliphatic rings. The SMILES string of the molecule is CCCCCC[C@@H](C(=O)N1C[C@H](Oc2ccc(CC(=O)O)cc2)C[C@@H]1C(=O)O)n1cnc(NC(=O)c2ccccc2S(=O)(=O)O)c1. The molecule has 4 N–H and O–H groups in total. The Morgan fingerprint density at radius 1 is 1.04 bits per heavy atom. The van der Waals surface area contributed by atoms with E-state index < -0.39 is 57.0 Å². The van der Waals surface area contributed by atoms with Crippen LogP contribution in [-0.2, 0) is 30.9 Å². The maximum absolute atomic E-state index is 14.0. The van der Waals surface area contributed by atoms with E-state index in [2.05, 4.69) is 17.2 Å². The number of aliphatic carboxylic acids is 2. The molecule has 1 fully saturated rings. The van der Waals surface area contributed by atoms with E-state index in [4.69, 9.17) is 9.84 Å². The second kappa shape index (κ2) is 15.0. The van der Waals surface area contributed by atoms with Crippen LogP contribution in [-0.4, -0.2) is 80.1 Å². The highest BCUT2D eigenvalue weighted by Crippen LogP contribution is 2.29. The minimum absolute atomic E-state index is 0.00282. The number of aromatic nitrogens is 2. The number of nitrogens with one attached hydrogen (secondary N) is 1. The highest BCUT2D eigenvalue weighted by molar-refractivity contribution is 7.86. The number of imidazole rings is 1. The van der Waals surface area contributed by atoms with Crippen LogP contribution in [0.1, 0.15) is 67.4 Å². The number of unbranched alkanes of at least 4 members (excludes halogenated alkanes) is 3. The first kappa shape index (κ1) is 34.1. The number of likely N-dealkylation sites (tertiary alicyclic amines) is 1. The number of carboxylic acids is 2. The monoisotopic (exact) mass is 656 g/mol. The van der Waals surface area contributed by atoms with Gasteiger partial charge in [0.1, 0.15) is 28.8 Å². The van der Waals surface area contributed by atoms with Crippen LogP contribution >= 0.6 is 0 Å². The summed E-state index contributed by atoms with van der Waals surface area (Å²) in [6, 6.07) is 9.55. The van der Waals surface area contributed by atoms with Crippen LogP contribution in [0.4, 0.5) is 5.82 Å². The molecule has 4 rings (SSSR count). The van der Waals surface area contributed by atoms with Gasteiger partial charge >= 0.3 is 11.9 Å². The minimum atomic E-state index is -4.67. The summed E-state index contributed by atoms with van der Waals surface area (Å²) in [5.74, 6) is -3.02. The van der Waals surface area contributed by atoms with E-state index in [1.165, 1.54) is 40.2 Å². The molecule has 14 nitrogen and oxygen atoms in total. The maximum atomic E-state index is 14.0. The second-order valence-corrected chi connectivity index (χ2v) is 12.4. The quantitative estimate of drug-likeness (QED) is 0.137. The van der Waals surface area contributed by atoms with Crippen molar-refractivity contribution in [3.05, 3.63) is 72.2 Å². The molecule has 246 valence electrons. The van der Waals surface area contributed by atoms with Gasteiger partial charge in [0.15, 0.2) is 5.82 Å². The molecule has 1 aliphatic heterocycles. The van der Waals surface area contributed by atoms with Gasteiger partial charge < -0.3 is 29.7 Å². The third-order valence-electron chi connectivity index (χ3n) is 7.64. The Morgan fingerprint density at radius 2 is 1.76 bits per heavy atom. The molecule has 0 saturated carbocycles. The molecule has 1 saturated heterocycles. The first-order chi connectivity index (χ1) is 21.9. The average molecular weight is 657 g/mol. The van der Waals surface area contributed by atoms with Gasteiger partial charge in [-0.3, -0.25) is 18.9 Å². The summed E-state index contributed by atoms with van der Waals surface area (Å²) >= 11 is 0. The van der Waals surface area contributed by atoms with Gasteiger partial charge in [0.2, 0.25) is 5.91 Å². The molecule has 2 heterocycles. The molecule has 46 heavy (non-hydrogen) atoms. The zero-order valence-corrected chi connectivity index (χ0v) is 25.9. The van der Waals surface area contributed by atoms with E-state index in [9.17, 15) is 37.3 Å². The molecule has 0 radical (unpaired) electrons. The molecule has 3 atom stereocenters. The van der Waals surface area contributed by atoms with E-state index in [1.54, 1.807) is 24.3 Å². The summed E-state index contributed by atoms with van der Waals surface area (Å²) < 4.78 is 40.5. The summed E-state index contributed by atoms with van der Waals surface area (Å²) in [5.41, 5.74) is 0.284. The summed E-state index contributed by atoms with van der Waals surface area (Å²) in [6.45, 7) is 2.05. The van der Waals surface area contributed by atoms with Crippen molar-refractivity contribution < 1.29 is 47.1 Å². The van der Waals surface area contributed by atoms with Gasteiger partial charge in [0.05, 0.1) is 24.9 Å². The highest BCUT2D eigenvalue weighted by atomic mass is 32.2. The number of benzene rings is 2. The van der Waals surface area contributed by atoms with Gasteiger partial charge in [0, 0.05) is 12.6 Å². The predicted octanol–water partition coefficient (Wildman–Crippen LogP) is 3.65. The number of rotatable bonds is 15. The summed E-state index contributed by atoms with van der Waals surface area (Å²) in [6.07, 6.45) is 5.81. The van der Waals surface area contributed by atoms with E-state index in [0.717, 1.165) is 25.3 Å². The lowest BCUT2D eigenvalue weighted by Crippen LogP contribution is -2.44. The molecular weight excluding hydrogens is 620 g/mol. The Kier molecular flexibility index (Phi) is 11.1. The number of carboxylic acid groups (broad SMARTS) is 2.